The molecule has 1 saturated carbocycles. The first-order chi connectivity index (χ1) is 14.0. The Morgan fingerprint density at radius 3 is 2.66 bits per heavy atom. The lowest BCUT2D eigenvalue weighted by atomic mass is 9.82. The highest BCUT2D eigenvalue weighted by atomic mass is 16.3. The molecule has 0 amide bonds. The standard InChI is InChI=1S/C26H30N2O/c1-5-18-14-15-28(4)26(3,16-18)23-17(2)10-11-20-21-12-13-22(19-8-6-7-9-19)27-25(21)29-24(20)23/h10-16,19H,5-9H2,1-4H3. The van der Waals surface area contributed by atoms with Crippen molar-refractivity contribution in [2.24, 2.45) is 0 Å². The van der Waals surface area contributed by atoms with Crippen molar-refractivity contribution >= 4 is 22.1 Å². The topological polar surface area (TPSA) is 29.3 Å². The molecule has 5 rings (SSSR count). The van der Waals surface area contributed by atoms with Gasteiger partial charge in [-0.2, -0.15) is 0 Å². The minimum absolute atomic E-state index is 0.244. The number of aromatic nitrogens is 1. The molecule has 1 unspecified atom stereocenters. The first kappa shape index (κ1) is 18.5. The molecule has 29 heavy (non-hydrogen) atoms. The van der Waals surface area contributed by atoms with E-state index in [1.807, 2.05) is 0 Å². The summed E-state index contributed by atoms with van der Waals surface area (Å²) in [6, 6.07) is 8.87. The van der Waals surface area contributed by atoms with Crippen molar-refractivity contribution in [1.82, 2.24) is 9.88 Å². The number of fused-ring (bicyclic) bond motifs is 3. The van der Waals surface area contributed by atoms with Crippen LogP contribution in [0.25, 0.3) is 22.1 Å². The molecule has 2 aromatic heterocycles. The maximum atomic E-state index is 6.51. The molecule has 1 aliphatic carbocycles. The Labute approximate surface area is 173 Å². The summed E-state index contributed by atoms with van der Waals surface area (Å²) < 4.78 is 6.51. The molecule has 0 radical (unpaired) electrons. The number of hydrogen-bond acceptors (Lipinski definition) is 3. The Bertz CT molecular complexity index is 1150. The van der Waals surface area contributed by atoms with Crippen molar-refractivity contribution in [1.29, 1.82) is 0 Å². The number of furan rings is 1. The normalized spacial score (nSPS) is 22.8. The van der Waals surface area contributed by atoms with E-state index in [0.29, 0.717) is 5.92 Å². The number of hydrogen-bond donors (Lipinski definition) is 0. The molecule has 0 N–H and O–H groups in total. The summed E-state index contributed by atoms with van der Waals surface area (Å²) in [7, 11) is 2.15. The van der Waals surface area contributed by atoms with Crippen molar-refractivity contribution in [3.8, 4) is 0 Å². The molecular formula is C26H30N2O. The van der Waals surface area contributed by atoms with Gasteiger partial charge in [-0.25, -0.2) is 4.98 Å². The minimum Gasteiger partial charge on any atom is -0.437 e. The van der Waals surface area contributed by atoms with Gasteiger partial charge < -0.3 is 9.32 Å². The maximum absolute atomic E-state index is 6.51. The van der Waals surface area contributed by atoms with Crippen LogP contribution in [-0.2, 0) is 5.54 Å². The van der Waals surface area contributed by atoms with Gasteiger partial charge in [0.15, 0.2) is 0 Å². The molecule has 0 bridgehead atoms. The summed E-state index contributed by atoms with van der Waals surface area (Å²) in [4.78, 5) is 7.26. The van der Waals surface area contributed by atoms with Crippen molar-refractivity contribution in [3.05, 3.63) is 65.0 Å². The monoisotopic (exact) mass is 386 g/mol. The fraction of sp³-hybridized carbons (Fsp3) is 0.423. The van der Waals surface area contributed by atoms with E-state index in [0.717, 1.165) is 23.1 Å². The van der Waals surface area contributed by atoms with Gasteiger partial charge in [-0.05, 0) is 62.5 Å². The molecule has 0 spiro atoms. The van der Waals surface area contributed by atoms with E-state index in [-0.39, 0.29) is 5.54 Å². The molecule has 1 aliphatic heterocycles. The Kier molecular flexibility index (Phi) is 4.31. The highest BCUT2D eigenvalue weighted by Crippen LogP contribution is 2.43. The lowest BCUT2D eigenvalue weighted by Gasteiger charge is -2.40. The summed E-state index contributed by atoms with van der Waals surface area (Å²) in [6.45, 7) is 6.69. The zero-order chi connectivity index (χ0) is 20.2. The fourth-order valence-electron chi connectivity index (χ4n) is 5.25. The van der Waals surface area contributed by atoms with Crippen LogP contribution in [0.3, 0.4) is 0 Å². The van der Waals surface area contributed by atoms with Gasteiger partial charge in [-0.1, -0.05) is 38.0 Å². The summed E-state index contributed by atoms with van der Waals surface area (Å²) in [5, 5.41) is 2.29. The van der Waals surface area contributed by atoms with Crippen LogP contribution in [0.15, 0.2) is 52.6 Å². The molecule has 150 valence electrons. The highest BCUT2D eigenvalue weighted by molar-refractivity contribution is 6.05. The van der Waals surface area contributed by atoms with Gasteiger partial charge in [0, 0.05) is 41.2 Å². The van der Waals surface area contributed by atoms with Crippen LogP contribution in [0.2, 0.25) is 0 Å². The second-order valence-corrected chi connectivity index (χ2v) is 8.95. The van der Waals surface area contributed by atoms with Gasteiger partial charge in [0.05, 0.1) is 5.54 Å². The Morgan fingerprint density at radius 2 is 1.90 bits per heavy atom. The van der Waals surface area contributed by atoms with Crippen LogP contribution in [0.4, 0.5) is 0 Å². The summed E-state index contributed by atoms with van der Waals surface area (Å²) in [6.07, 6.45) is 13.0. The van der Waals surface area contributed by atoms with Gasteiger partial charge >= 0.3 is 0 Å². The van der Waals surface area contributed by atoms with Gasteiger partial charge in [0.2, 0.25) is 5.71 Å². The molecule has 3 nitrogen and oxygen atoms in total. The number of aryl methyl sites for hydroxylation is 1. The third-order valence-electron chi connectivity index (χ3n) is 7.14. The van der Waals surface area contributed by atoms with Gasteiger partial charge in [-0.15, -0.1) is 0 Å². The smallest absolute Gasteiger partial charge is 0.227 e. The summed E-state index contributed by atoms with van der Waals surface area (Å²) >= 11 is 0. The third-order valence-corrected chi connectivity index (χ3v) is 7.14. The van der Waals surface area contributed by atoms with Crippen LogP contribution in [0, 0.1) is 6.92 Å². The molecule has 0 saturated heterocycles. The molecular weight excluding hydrogens is 356 g/mol. The average molecular weight is 387 g/mol. The zero-order valence-electron chi connectivity index (χ0n) is 18.0. The number of likely N-dealkylation sites (N-methyl/N-ethyl adjacent to an activating group) is 1. The Balaban J connectivity index is 1.73. The number of pyridine rings is 1. The van der Waals surface area contributed by atoms with Gasteiger partial charge in [0.1, 0.15) is 5.58 Å². The van der Waals surface area contributed by atoms with E-state index < -0.39 is 0 Å². The first-order valence-corrected chi connectivity index (χ1v) is 11.0. The van der Waals surface area contributed by atoms with E-state index in [4.69, 9.17) is 9.40 Å². The largest absolute Gasteiger partial charge is 0.437 e. The maximum Gasteiger partial charge on any atom is 0.227 e. The quantitative estimate of drug-likeness (QED) is 0.487. The number of nitrogens with zero attached hydrogens (tertiary/aromatic N) is 2. The zero-order valence-corrected chi connectivity index (χ0v) is 18.0. The van der Waals surface area contributed by atoms with Gasteiger partial charge in [-0.3, -0.25) is 0 Å². The van der Waals surface area contributed by atoms with E-state index in [9.17, 15) is 0 Å². The van der Waals surface area contributed by atoms with E-state index in [1.165, 1.54) is 53.5 Å². The second-order valence-electron chi connectivity index (χ2n) is 8.95. The SMILES string of the molecule is CCC1=CC(C)(c2c(C)ccc3c2oc2nc(C4CCCC4)ccc23)N(C)C=C1. The molecule has 1 aromatic carbocycles. The summed E-state index contributed by atoms with van der Waals surface area (Å²) in [5.41, 5.74) is 6.58. The van der Waals surface area contributed by atoms with Crippen LogP contribution >= 0.6 is 0 Å². The average Bonchev–Trinajstić information content (AvgIpc) is 3.37. The number of rotatable bonds is 3. The Morgan fingerprint density at radius 1 is 1.14 bits per heavy atom. The molecule has 1 atom stereocenters. The van der Waals surface area contributed by atoms with E-state index >= 15 is 0 Å². The lowest BCUT2D eigenvalue weighted by Crippen LogP contribution is -2.38. The summed E-state index contributed by atoms with van der Waals surface area (Å²) in [5.74, 6) is 0.594. The molecule has 2 aliphatic rings. The van der Waals surface area contributed by atoms with Crippen molar-refractivity contribution in [2.45, 2.75) is 64.3 Å². The van der Waals surface area contributed by atoms with Crippen LogP contribution < -0.4 is 0 Å². The Hall–Kier alpha value is -2.55. The lowest BCUT2D eigenvalue weighted by molar-refractivity contribution is 0.258. The van der Waals surface area contributed by atoms with Crippen LogP contribution in [0.1, 0.15) is 68.7 Å². The predicted molar refractivity (Wildman–Crippen MR) is 120 cm³/mol. The van der Waals surface area contributed by atoms with Crippen molar-refractivity contribution in [3.63, 3.8) is 0 Å². The van der Waals surface area contributed by atoms with Crippen LogP contribution in [0.5, 0.6) is 0 Å². The van der Waals surface area contributed by atoms with Crippen LogP contribution in [-0.4, -0.2) is 16.9 Å². The highest BCUT2D eigenvalue weighted by Gasteiger charge is 2.35. The minimum atomic E-state index is -0.244. The molecule has 1 fully saturated rings. The molecule has 3 aromatic rings. The van der Waals surface area contributed by atoms with Crippen molar-refractivity contribution < 1.29 is 4.42 Å². The number of allylic oxidation sites excluding steroid dienone is 2. The van der Waals surface area contributed by atoms with E-state index in [1.54, 1.807) is 0 Å². The van der Waals surface area contributed by atoms with Gasteiger partial charge in [0.25, 0.3) is 0 Å². The second kappa shape index (κ2) is 6.76. The fourth-order valence-corrected chi connectivity index (χ4v) is 5.25. The third kappa shape index (κ3) is 2.82. The molecule has 3 heteroatoms. The first-order valence-electron chi connectivity index (χ1n) is 11.0. The number of benzene rings is 1. The molecule has 3 heterocycles. The predicted octanol–water partition coefficient (Wildman–Crippen LogP) is 6.96. The van der Waals surface area contributed by atoms with E-state index in [2.05, 4.69) is 75.3 Å². The van der Waals surface area contributed by atoms with Crippen molar-refractivity contribution in [2.75, 3.05) is 7.05 Å².